The van der Waals surface area contributed by atoms with Gasteiger partial charge in [0.25, 0.3) is 0 Å². The second kappa shape index (κ2) is 7.73. The summed E-state index contributed by atoms with van der Waals surface area (Å²) >= 11 is 0. The number of nitrogens with zero attached hydrogens (tertiary/aromatic N) is 1. The molecule has 2 rings (SSSR count). The molecule has 0 aliphatic rings. The highest BCUT2D eigenvalue weighted by molar-refractivity contribution is 6.02. The minimum atomic E-state index is -0.216. The highest BCUT2D eigenvalue weighted by Crippen LogP contribution is 2.25. The van der Waals surface area contributed by atoms with Gasteiger partial charge in [0, 0.05) is 18.3 Å². The summed E-state index contributed by atoms with van der Waals surface area (Å²) in [7, 11) is 0. The van der Waals surface area contributed by atoms with Gasteiger partial charge in [0.1, 0.15) is 6.54 Å². The number of rotatable bonds is 4. The molecule has 0 unspecified atom stereocenters. The quantitative estimate of drug-likeness (QED) is 0.875. The van der Waals surface area contributed by atoms with Crippen molar-refractivity contribution >= 4 is 23.2 Å². The minimum absolute atomic E-state index is 0.0164. The Hall–Kier alpha value is -2.62. The summed E-state index contributed by atoms with van der Waals surface area (Å²) in [5.74, 6) is -0.378. The summed E-state index contributed by atoms with van der Waals surface area (Å²) in [6.45, 7) is 11.8. The molecule has 0 heterocycles. The standard InChI is InChI=1S/C22H28N2O2/c1-15-7-12-20(16(2)13-15)23-21(26)14-24(17(3)25)19-10-8-18(9-11-19)22(4,5)6/h7-13H,14H2,1-6H3,(H,23,26). The lowest BCUT2D eigenvalue weighted by molar-refractivity contribution is -0.120. The van der Waals surface area contributed by atoms with E-state index in [2.05, 4.69) is 26.1 Å². The highest BCUT2D eigenvalue weighted by Gasteiger charge is 2.18. The van der Waals surface area contributed by atoms with E-state index in [1.807, 2.05) is 56.3 Å². The number of carbonyl (C=O) groups excluding carboxylic acids is 2. The highest BCUT2D eigenvalue weighted by atomic mass is 16.2. The van der Waals surface area contributed by atoms with Gasteiger partial charge in [-0.3, -0.25) is 9.59 Å². The zero-order valence-corrected chi connectivity index (χ0v) is 16.5. The third-order valence-electron chi connectivity index (χ3n) is 4.38. The van der Waals surface area contributed by atoms with E-state index in [0.29, 0.717) is 0 Å². The van der Waals surface area contributed by atoms with Crippen LogP contribution in [-0.4, -0.2) is 18.4 Å². The van der Waals surface area contributed by atoms with Crippen molar-refractivity contribution in [3.8, 4) is 0 Å². The lowest BCUT2D eigenvalue weighted by atomic mass is 9.87. The molecular weight excluding hydrogens is 324 g/mol. The zero-order chi connectivity index (χ0) is 19.5. The van der Waals surface area contributed by atoms with Crippen LogP contribution in [-0.2, 0) is 15.0 Å². The fraction of sp³-hybridized carbons (Fsp3) is 0.364. The second-order valence-electron chi connectivity index (χ2n) is 7.77. The van der Waals surface area contributed by atoms with Crippen molar-refractivity contribution < 1.29 is 9.59 Å². The van der Waals surface area contributed by atoms with Crippen LogP contribution in [0.15, 0.2) is 42.5 Å². The topological polar surface area (TPSA) is 49.4 Å². The molecule has 2 aromatic rings. The number of carbonyl (C=O) groups is 2. The van der Waals surface area contributed by atoms with E-state index in [-0.39, 0.29) is 23.8 Å². The van der Waals surface area contributed by atoms with Crippen molar-refractivity contribution in [1.29, 1.82) is 0 Å². The van der Waals surface area contributed by atoms with Gasteiger partial charge in [-0.1, -0.05) is 50.6 Å². The molecule has 1 N–H and O–H groups in total. The van der Waals surface area contributed by atoms with E-state index < -0.39 is 0 Å². The first-order valence-corrected chi connectivity index (χ1v) is 8.83. The lowest BCUT2D eigenvalue weighted by Gasteiger charge is -2.23. The first-order chi connectivity index (χ1) is 12.1. The number of hydrogen-bond acceptors (Lipinski definition) is 2. The molecule has 2 amide bonds. The van der Waals surface area contributed by atoms with Crippen LogP contribution in [0.4, 0.5) is 11.4 Å². The summed E-state index contributed by atoms with van der Waals surface area (Å²) in [5.41, 5.74) is 4.87. The maximum absolute atomic E-state index is 12.5. The number of aryl methyl sites for hydroxylation is 2. The maximum atomic E-state index is 12.5. The van der Waals surface area contributed by atoms with Crippen molar-refractivity contribution in [2.45, 2.75) is 47.0 Å². The van der Waals surface area contributed by atoms with E-state index in [9.17, 15) is 9.59 Å². The average Bonchev–Trinajstić information content (AvgIpc) is 2.54. The van der Waals surface area contributed by atoms with Gasteiger partial charge in [-0.15, -0.1) is 0 Å². The fourth-order valence-corrected chi connectivity index (χ4v) is 2.81. The Morgan fingerprint density at radius 1 is 1.00 bits per heavy atom. The van der Waals surface area contributed by atoms with Crippen LogP contribution in [0, 0.1) is 13.8 Å². The van der Waals surface area contributed by atoms with Gasteiger partial charge in [-0.2, -0.15) is 0 Å². The van der Waals surface area contributed by atoms with Crippen LogP contribution in [0.3, 0.4) is 0 Å². The minimum Gasteiger partial charge on any atom is -0.324 e. The number of nitrogens with one attached hydrogen (secondary N) is 1. The Kier molecular flexibility index (Phi) is 5.86. The molecule has 4 nitrogen and oxygen atoms in total. The Morgan fingerprint density at radius 2 is 1.62 bits per heavy atom. The molecule has 2 aromatic carbocycles. The maximum Gasteiger partial charge on any atom is 0.244 e. The number of hydrogen-bond donors (Lipinski definition) is 1. The van der Waals surface area contributed by atoms with Gasteiger partial charge >= 0.3 is 0 Å². The number of anilines is 2. The summed E-state index contributed by atoms with van der Waals surface area (Å²) in [6, 6.07) is 13.7. The van der Waals surface area contributed by atoms with Gasteiger partial charge in [0.15, 0.2) is 0 Å². The molecule has 26 heavy (non-hydrogen) atoms. The van der Waals surface area contributed by atoms with Crippen LogP contribution in [0.1, 0.15) is 44.4 Å². The van der Waals surface area contributed by atoms with Crippen molar-refractivity contribution in [3.05, 3.63) is 59.2 Å². The fourth-order valence-electron chi connectivity index (χ4n) is 2.81. The van der Waals surface area contributed by atoms with E-state index in [1.54, 1.807) is 0 Å². The van der Waals surface area contributed by atoms with Gasteiger partial charge in [0.2, 0.25) is 11.8 Å². The molecule has 0 bridgehead atoms. The van der Waals surface area contributed by atoms with Gasteiger partial charge in [-0.25, -0.2) is 0 Å². The van der Waals surface area contributed by atoms with Crippen LogP contribution in [0.25, 0.3) is 0 Å². The smallest absolute Gasteiger partial charge is 0.244 e. The third-order valence-corrected chi connectivity index (χ3v) is 4.38. The van der Waals surface area contributed by atoms with Crippen LogP contribution < -0.4 is 10.2 Å². The van der Waals surface area contributed by atoms with E-state index in [0.717, 1.165) is 22.5 Å². The molecule has 0 saturated carbocycles. The Balaban J connectivity index is 2.15. The molecule has 0 atom stereocenters. The first kappa shape index (κ1) is 19.7. The third kappa shape index (κ3) is 4.94. The zero-order valence-electron chi connectivity index (χ0n) is 16.5. The predicted molar refractivity (Wildman–Crippen MR) is 108 cm³/mol. The Bertz CT molecular complexity index is 802. The van der Waals surface area contributed by atoms with Crippen LogP contribution in [0.2, 0.25) is 0 Å². The monoisotopic (exact) mass is 352 g/mol. The molecule has 4 heteroatoms. The van der Waals surface area contributed by atoms with Crippen LogP contribution >= 0.6 is 0 Å². The van der Waals surface area contributed by atoms with Gasteiger partial charge in [-0.05, 0) is 48.6 Å². The molecule has 0 radical (unpaired) electrons. The lowest BCUT2D eigenvalue weighted by Crippen LogP contribution is -2.36. The van der Waals surface area contributed by atoms with E-state index in [1.165, 1.54) is 17.4 Å². The molecule has 0 aliphatic carbocycles. The largest absolute Gasteiger partial charge is 0.324 e. The first-order valence-electron chi connectivity index (χ1n) is 8.83. The molecule has 0 spiro atoms. The Labute approximate surface area is 156 Å². The van der Waals surface area contributed by atoms with Gasteiger partial charge < -0.3 is 10.2 Å². The van der Waals surface area contributed by atoms with Crippen molar-refractivity contribution in [2.24, 2.45) is 0 Å². The SMILES string of the molecule is CC(=O)N(CC(=O)Nc1ccc(C)cc1C)c1ccc(C(C)(C)C)cc1. The normalized spacial score (nSPS) is 11.2. The molecule has 0 aromatic heterocycles. The molecular formula is C22H28N2O2. The van der Waals surface area contributed by atoms with Crippen molar-refractivity contribution in [3.63, 3.8) is 0 Å². The summed E-state index contributed by atoms with van der Waals surface area (Å²) in [4.78, 5) is 26.0. The molecule has 138 valence electrons. The van der Waals surface area contributed by atoms with Crippen LogP contribution in [0.5, 0.6) is 0 Å². The van der Waals surface area contributed by atoms with E-state index >= 15 is 0 Å². The van der Waals surface area contributed by atoms with Gasteiger partial charge in [0.05, 0.1) is 0 Å². The van der Waals surface area contributed by atoms with E-state index in [4.69, 9.17) is 0 Å². The number of amides is 2. The molecule has 0 saturated heterocycles. The second-order valence-corrected chi connectivity index (χ2v) is 7.77. The summed E-state index contributed by atoms with van der Waals surface area (Å²) < 4.78 is 0. The number of benzene rings is 2. The average molecular weight is 352 g/mol. The molecule has 0 aliphatic heterocycles. The summed E-state index contributed by atoms with van der Waals surface area (Å²) in [6.07, 6.45) is 0. The summed E-state index contributed by atoms with van der Waals surface area (Å²) in [5, 5.41) is 2.90. The van der Waals surface area contributed by atoms with Crippen molar-refractivity contribution in [2.75, 3.05) is 16.8 Å². The predicted octanol–water partition coefficient (Wildman–Crippen LogP) is 4.59. The Morgan fingerprint density at radius 3 is 2.12 bits per heavy atom. The van der Waals surface area contributed by atoms with Crippen molar-refractivity contribution in [1.82, 2.24) is 0 Å². The molecule has 0 fully saturated rings.